The summed E-state index contributed by atoms with van der Waals surface area (Å²) in [7, 11) is 0. The Hall–Kier alpha value is -6.39. The van der Waals surface area contributed by atoms with E-state index in [0.29, 0.717) is 17.5 Å². The SMILES string of the molecule is CC1(C)c2ccccc2-c2ccc(-c3nc(-c4ccc5ccccc5c4)nc(-c4ccc5c(c4)oc4cccc(-c6ccccc6)c45)n3)cc21. The topological polar surface area (TPSA) is 51.8 Å². The molecule has 0 aliphatic heterocycles. The highest BCUT2D eigenvalue weighted by molar-refractivity contribution is 6.13. The summed E-state index contributed by atoms with van der Waals surface area (Å²) < 4.78 is 6.49. The molecular formula is C46H31N3O. The van der Waals surface area contributed by atoms with Crippen molar-refractivity contribution in [3.63, 3.8) is 0 Å². The highest BCUT2D eigenvalue weighted by atomic mass is 16.3. The minimum absolute atomic E-state index is 0.135. The number of furan rings is 1. The van der Waals surface area contributed by atoms with Crippen molar-refractivity contribution < 1.29 is 4.42 Å². The van der Waals surface area contributed by atoms with E-state index in [4.69, 9.17) is 19.4 Å². The Morgan fingerprint density at radius 3 is 1.86 bits per heavy atom. The van der Waals surface area contributed by atoms with E-state index < -0.39 is 0 Å². The van der Waals surface area contributed by atoms with Crippen LogP contribution in [0.25, 0.3) is 89.1 Å². The average Bonchev–Trinajstić information content (AvgIpc) is 3.66. The lowest BCUT2D eigenvalue weighted by molar-refractivity contribution is 0.660. The van der Waals surface area contributed by atoms with E-state index in [0.717, 1.165) is 55.1 Å². The van der Waals surface area contributed by atoms with Gasteiger partial charge in [0.1, 0.15) is 11.2 Å². The molecule has 0 bridgehead atoms. The Morgan fingerprint density at radius 1 is 0.420 bits per heavy atom. The van der Waals surface area contributed by atoms with Gasteiger partial charge in [-0.05, 0) is 74.5 Å². The quantitative estimate of drug-likeness (QED) is 0.192. The Balaban J connectivity index is 1.15. The van der Waals surface area contributed by atoms with Gasteiger partial charge < -0.3 is 4.42 Å². The van der Waals surface area contributed by atoms with E-state index >= 15 is 0 Å². The molecule has 0 saturated heterocycles. The molecule has 0 fully saturated rings. The zero-order chi connectivity index (χ0) is 33.4. The molecule has 9 aromatic rings. The molecule has 0 amide bonds. The highest BCUT2D eigenvalue weighted by Gasteiger charge is 2.35. The van der Waals surface area contributed by atoms with Crippen LogP contribution in [0.4, 0.5) is 0 Å². The fourth-order valence-electron chi connectivity index (χ4n) is 7.76. The molecule has 0 atom stereocenters. The Labute approximate surface area is 289 Å². The zero-order valence-corrected chi connectivity index (χ0v) is 27.7. The predicted molar refractivity (Wildman–Crippen MR) is 204 cm³/mol. The molecule has 0 N–H and O–H groups in total. The van der Waals surface area contributed by atoms with Gasteiger partial charge in [-0.1, -0.05) is 135 Å². The highest BCUT2D eigenvalue weighted by Crippen LogP contribution is 2.49. The van der Waals surface area contributed by atoms with Crippen LogP contribution in [0.1, 0.15) is 25.0 Å². The summed E-state index contributed by atoms with van der Waals surface area (Å²) >= 11 is 0. The van der Waals surface area contributed by atoms with Gasteiger partial charge in [0.05, 0.1) is 0 Å². The standard InChI is InChI=1S/C46H31N3O/c1-46(2)38-17-9-8-15-35(38)36-23-21-32(26-39(36)46)44-47-43(31-20-19-28-11-6-7-14-30(28)25-31)48-45(49-44)33-22-24-37-41(27-33)50-40-18-10-16-34(42(37)40)29-12-4-3-5-13-29/h3-27H,1-2H3. The largest absolute Gasteiger partial charge is 0.456 e. The van der Waals surface area contributed by atoms with Gasteiger partial charge in [0, 0.05) is 32.9 Å². The van der Waals surface area contributed by atoms with Crippen LogP contribution in [0.3, 0.4) is 0 Å². The van der Waals surface area contributed by atoms with Crippen LogP contribution < -0.4 is 0 Å². The molecule has 236 valence electrons. The summed E-state index contributed by atoms with van der Waals surface area (Å²) in [5, 5.41) is 4.49. The number of hydrogen-bond acceptors (Lipinski definition) is 4. The smallest absolute Gasteiger partial charge is 0.164 e. The van der Waals surface area contributed by atoms with Gasteiger partial charge in [-0.3, -0.25) is 0 Å². The summed E-state index contributed by atoms with van der Waals surface area (Å²) in [5.41, 5.74) is 11.8. The molecule has 0 saturated carbocycles. The molecule has 2 aromatic heterocycles. The lowest BCUT2D eigenvalue weighted by Crippen LogP contribution is -2.15. The van der Waals surface area contributed by atoms with Crippen LogP contribution >= 0.6 is 0 Å². The Kier molecular flexibility index (Phi) is 6.19. The maximum Gasteiger partial charge on any atom is 0.164 e. The number of aromatic nitrogens is 3. The number of rotatable bonds is 4. The second kappa shape index (κ2) is 10.8. The zero-order valence-electron chi connectivity index (χ0n) is 27.7. The Bertz CT molecular complexity index is 2790. The van der Waals surface area contributed by atoms with Gasteiger partial charge in [0.15, 0.2) is 17.5 Å². The van der Waals surface area contributed by atoms with Crippen LogP contribution in [0.15, 0.2) is 156 Å². The molecular weight excluding hydrogens is 611 g/mol. The van der Waals surface area contributed by atoms with E-state index in [1.807, 2.05) is 12.1 Å². The van der Waals surface area contributed by atoms with E-state index in [2.05, 4.69) is 153 Å². The third-order valence-electron chi connectivity index (χ3n) is 10.3. The third kappa shape index (κ3) is 4.42. The molecule has 7 aromatic carbocycles. The summed E-state index contributed by atoms with van der Waals surface area (Å²) in [6.07, 6.45) is 0. The van der Waals surface area contributed by atoms with E-state index in [-0.39, 0.29) is 5.41 Å². The van der Waals surface area contributed by atoms with Gasteiger partial charge in [-0.25, -0.2) is 15.0 Å². The Morgan fingerprint density at radius 2 is 1.04 bits per heavy atom. The predicted octanol–water partition coefficient (Wildman–Crippen LogP) is 11.9. The molecule has 0 unspecified atom stereocenters. The van der Waals surface area contributed by atoms with Crippen LogP contribution in [0, 0.1) is 0 Å². The molecule has 4 heteroatoms. The lowest BCUT2D eigenvalue weighted by atomic mass is 9.82. The molecule has 1 aliphatic rings. The second-order valence-corrected chi connectivity index (χ2v) is 13.7. The van der Waals surface area contributed by atoms with Crippen molar-refractivity contribution in [3.05, 3.63) is 163 Å². The van der Waals surface area contributed by atoms with Crippen LogP contribution in [-0.4, -0.2) is 15.0 Å². The number of benzene rings is 7. The first-order valence-electron chi connectivity index (χ1n) is 17.0. The number of nitrogens with zero attached hydrogens (tertiary/aromatic N) is 3. The van der Waals surface area contributed by atoms with Crippen molar-refractivity contribution >= 4 is 32.7 Å². The first kappa shape index (κ1) is 28.6. The van der Waals surface area contributed by atoms with E-state index in [1.165, 1.54) is 27.6 Å². The minimum Gasteiger partial charge on any atom is -0.456 e. The van der Waals surface area contributed by atoms with E-state index in [9.17, 15) is 0 Å². The first-order valence-corrected chi connectivity index (χ1v) is 17.0. The summed E-state index contributed by atoms with van der Waals surface area (Å²) in [6, 6.07) is 53.1. The van der Waals surface area contributed by atoms with E-state index in [1.54, 1.807) is 0 Å². The van der Waals surface area contributed by atoms with Crippen molar-refractivity contribution in [2.24, 2.45) is 0 Å². The fourth-order valence-corrected chi connectivity index (χ4v) is 7.76. The summed E-state index contributed by atoms with van der Waals surface area (Å²) in [5.74, 6) is 1.88. The first-order chi connectivity index (χ1) is 24.5. The van der Waals surface area contributed by atoms with Crippen molar-refractivity contribution in [1.82, 2.24) is 15.0 Å². The minimum atomic E-state index is -0.135. The molecule has 0 radical (unpaired) electrons. The normalized spacial score (nSPS) is 13.2. The van der Waals surface area contributed by atoms with Crippen molar-refractivity contribution in [2.45, 2.75) is 19.3 Å². The van der Waals surface area contributed by atoms with Gasteiger partial charge >= 0.3 is 0 Å². The molecule has 2 heterocycles. The number of fused-ring (bicyclic) bond motifs is 7. The molecule has 50 heavy (non-hydrogen) atoms. The van der Waals surface area contributed by atoms with Crippen molar-refractivity contribution in [1.29, 1.82) is 0 Å². The van der Waals surface area contributed by atoms with Crippen LogP contribution in [0.2, 0.25) is 0 Å². The van der Waals surface area contributed by atoms with Gasteiger partial charge in [0.2, 0.25) is 0 Å². The monoisotopic (exact) mass is 641 g/mol. The maximum atomic E-state index is 6.49. The average molecular weight is 642 g/mol. The molecule has 1 aliphatic carbocycles. The van der Waals surface area contributed by atoms with Gasteiger partial charge in [-0.2, -0.15) is 0 Å². The summed E-state index contributed by atoms with van der Waals surface area (Å²) in [4.78, 5) is 15.4. The third-order valence-corrected chi connectivity index (χ3v) is 10.3. The molecule has 4 nitrogen and oxygen atoms in total. The second-order valence-electron chi connectivity index (χ2n) is 13.7. The van der Waals surface area contributed by atoms with Gasteiger partial charge in [-0.15, -0.1) is 0 Å². The molecule has 10 rings (SSSR count). The van der Waals surface area contributed by atoms with Gasteiger partial charge in [0.25, 0.3) is 0 Å². The summed E-state index contributed by atoms with van der Waals surface area (Å²) in [6.45, 7) is 4.60. The van der Waals surface area contributed by atoms with Crippen LogP contribution in [-0.2, 0) is 5.41 Å². The van der Waals surface area contributed by atoms with Crippen molar-refractivity contribution in [3.8, 4) is 56.4 Å². The van der Waals surface area contributed by atoms with Crippen LogP contribution in [0.5, 0.6) is 0 Å². The lowest BCUT2D eigenvalue weighted by Gasteiger charge is -2.21. The maximum absolute atomic E-state index is 6.49. The fraction of sp³-hybridized carbons (Fsp3) is 0.0652. The van der Waals surface area contributed by atoms with Crippen molar-refractivity contribution in [2.75, 3.05) is 0 Å². The number of hydrogen-bond donors (Lipinski definition) is 0. The molecule has 0 spiro atoms.